The van der Waals surface area contributed by atoms with E-state index < -0.39 is 5.92 Å². The van der Waals surface area contributed by atoms with Gasteiger partial charge in [-0.25, -0.2) is 0 Å². The number of benzene rings is 2. The molecule has 3 amide bonds. The van der Waals surface area contributed by atoms with Crippen LogP contribution in [-0.2, 0) is 16.1 Å². The number of carbonyl (C=O) groups excluding carboxylic acids is 3. The first-order valence-electron chi connectivity index (χ1n) is 8.29. The van der Waals surface area contributed by atoms with Crippen molar-refractivity contribution in [2.45, 2.75) is 13.0 Å². The Bertz CT molecular complexity index is 928. The lowest BCUT2D eigenvalue weighted by Gasteiger charge is -2.17. The summed E-state index contributed by atoms with van der Waals surface area (Å²) in [4.78, 5) is 38.2. The van der Waals surface area contributed by atoms with Crippen LogP contribution in [0.15, 0.2) is 42.5 Å². The van der Waals surface area contributed by atoms with Gasteiger partial charge in [0.25, 0.3) is 5.91 Å². The molecule has 1 saturated heterocycles. The molecule has 1 atom stereocenters. The lowest BCUT2D eigenvalue weighted by Crippen LogP contribution is -2.28. The Labute approximate surface area is 155 Å². The second-order valence-corrected chi connectivity index (χ2v) is 6.87. The summed E-state index contributed by atoms with van der Waals surface area (Å²) in [5.41, 5.74) is 2.73. The van der Waals surface area contributed by atoms with Crippen LogP contribution in [0.4, 0.5) is 11.4 Å². The van der Waals surface area contributed by atoms with Gasteiger partial charge in [0.2, 0.25) is 11.8 Å². The SMILES string of the molecule is O=C1NCc2ccc(NC(=O)C3CC(=O)N(c4cccc(Cl)c4)C3)cc21. The second-order valence-electron chi connectivity index (χ2n) is 6.43. The van der Waals surface area contributed by atoms with Gasteiger partial charge in [-0.15, -0.1) is 0 Å². The fourth-order valence-corrected chi connectivity index (χ4v) is 3.50. The van der Waals surface area contributed by atoms with Crippen LogP contribution < -0.4 is 15.5 Å². The van der Waals surface area contributed by atoms with Crippen LogP contribution in [0.2, 0.25) is 5.02 Å². The van der Waals surface area contributed by atoms with E-state index in [9.17, 15) is 14.4 Å². The average Bonchev–Trinajstić information content (AvgIpc) is 3.18. The minimum atomic E-state index is -0.455. The highest BCUT2D eigenvalue weighted by Gasteiger charge is 2.35. The molecule has 26 heavy (non-hydrogen) atoms. The van der Waals surface area contributed by atoms with E-state index in [4.69, 9.17) is 11.6 Å². The third kappa shape index (κ3) is 3.04. The number of anilines is 2. The molecule has 0 aliphatic carbocycles. The van der Waals surface area contributed by atoms with Gasteiger partial charge in [-0.2, -0.15) is 0 Å². The Hall–Kier alpha value is -2.86. The lowest BCUT2D eigenvalue weighted by atomic mass is 10.1. The predicted octanol–water partition coefficient (Wildman–Crippen LogP) is 2.58. The van der Waals surface area contributed by atoms with Crippen molar-refractivity contribution in [2.24, 2.45) is 5.92 Å². The zero-order chi connectivity index (χ0) is 18.3. The molecular formula is C19H16ClN3O3. The minimum Gasteiger partial charge on any atom is -0.348 e. The first kappa shape index (κ1) is 16.6. The molecule has 7 heteroatoms. The molecule has 2 aromatic rings. The summed E-state index contributed by atoms with van der Waals surface area (Å²) in [5, 5.41) is 6.10. The molecule has 0 spiro atoms. The maximum absolute atomic E-state index is 12.6. The summed E-state index contributed by atoms with van der Waals surface area (Å²) in [6, 6.07) is 12.3. The molecule has 1 unspecified atom stereocenters. The maximum atomic E-state index is 12.6. The Morgan fingerprint density at radius 3 is 2.85 bits per heavy atom. The van der Waals surface area contributed by atoms with Crippen molar-refractivity contribution >= 4 is 40.7 Å². The predicted molar refractivity (Wildman–Crippen MR) is 98.2 cm³/mol. The molecule has 0 saturated carbocycles. The lowest BCUT2D eigenvalue weighted by molar-refractivity contribution is -0.122. The average molecular weight is 370 g/mol. The van der Waals surface area contributed by atoms with Crippen LogP contribution >= 0.6 is 11.6 Å². The van der Waals surface area contributed by atoms with Crippen molar-refractivity contribution in [3.05, 3.63) is 58.6 Å². The van der Waals surface area contributed by atoms with Gasteiger partial charge in [0.15, 0.2) is 0 Å². The molecular weight excluding hydrogens is 354 g/mol. The molecule has 0 bridgehead atoms. The van der Waals surface area contributed by atoms with Crippen molar-refractivity contribution in [3.8, 4) is 0 Å². The first-order valence-corrected chi connectivity index (χ1v) is 8.67. The maximum Gasteiger partial charge on any atom is 0.251 e. The third-order valence-corrected chi connectivity index (χ3v) is 4.91. The monoisotopic (exact) mass is 369 g/mol. The van der Waals surface area contributed by atoms with E-state index >= 15 is 0 Å². The van der Waals surface area contributed by atoms with E-state index in [0.29, 0.717) is 35.1 Å². The molecule has 1 fully saturated rings. The normalized spacial score (nSPS) is 18.7. The quantitative estimate of drug-likeness (QED) is 0.872. The van der Waals surface area contributed by atoms with Crippen LogP contribution in [0, 0.1) is 5.92 Å². The molecule has 2 N–H and O–H groups in total. The van der Waals surface area contributed by atoms with Gasteiger partial charge in [-0.05, 0) is 35.9 Å². The molecule has 2 aliphatic heterocycles. The van der Waals surface area contributed by atoms with Crippen LogP contribution in [0.1, 0.15) is 22.3 Å². The number of rotatable bonds is 3. The number of halogens is 1. The third-order valence-electron chi connectivity index (χ3n) is 4.68. The van der Waals surface area contributed by atoms with E-state index in [1.54, 1.807) is 41.3 Å². The molecule has 4 rings (SSSR count). The van der Waals surface area contributed by atoms with E-state index in [2.05, 4.69) is 10.6 Å². The van der Waals surface area contributed by atoms with Crippen molar-refractivity contribution in [1.29, 1.82) is 0 Å². The molecule has 6 nitrogen and oxygen atoms in total. The summed E-state index contributed by atoms with van der Waals surface area (Å²) in [6.45, 7) is 0.810. The van der Waals surface area contributed by atoms with Gasteiger partial charge in [-0.3, -0.25) is 14.4 Å². The summed E-state index contributed by atoms with van der Waals surface area (Å²) >= 11 is 5.99. The summed E-state index contributed by atoms with van der Waals surface area (Å²) in [5.74, 6) is -0.940. The largest absolute Gasteiger partial charge is 0.348 e. The van der Waals surface area contributed by atoms with Gasteiger partial charge in [0.05, 0.1) is 5.92 Å². The van der Waals surface area contributed by atoms with Gasteiger partial charge < -0.3 is 15.5 Å². The van der Waals surface area contributed by atoms with E-state index in [1.807, 2.05) is 6.07 Å². The molecule has 0 aromatic heterocycles. The second kappa shape index (κ2) is 6.46. The highest BCUT2D eigenvalue weighted by atomic mass is 35.5. The van der Waals surface area contributed by atoms with E-state index in [1.165, 1.54) is 0 Å². The number of fused-ring (bicyclic) bond motifs is 1. The number of nitrogens with zero attached hydrogens (tertiary/aromatic N) is 1. The Balaban J connectivity index is 1.47. The van der Waals surface area contributed by atoms with E-state index in [0.717, 1.165) is 5.56 Å². The number of carbonyl (C=O) groups is 3. The smallest absolute Gasteiger partial charge is 0.251 e. The number of hydrogen-bond donors (Lipinski definition) is 2. The highest BCUT2D eigenvalue weighted by molar-refractivity contribution is 6.31. The number of amides is 3. The van der Waals surface area contributed by atoms with Gasteiger partial charge in [-0.1, -0.05) is 23.7 Å². The van der Waals surface area contributed by atoms with Crippen LogP contribution in [-0.4, -0.2) is 24.3 Å². The van der Waals surface area contributed by atoms with Crippen LogP contribution in [0.25, 0.3) is 0 Å². The van der Waals surface area contributed by atoms with E-state index in [-0.39, 0.29) is 24.1 Å². The Morgan fingerprint density at radius 2 is 2.04 bits per heavy atom. The molecule has 2 heterocycles. The standard InChI is InChI=1S/C19H16ClN3O3/c20-13-2-1-3-15(7-13)23-10-12(6-17(23)24)18(25)22-14-5-4-11-9-21-19(26)16(11)8-14/h1-5,7-8,12H,6,9-10H2,(H,21,26)(H,22,25). The van der Waals surface area contributed by atoms with Crippen LogP contribution in [0.3, 0.4) is 0 Å². The summed E-state index contributed by atoms with van der Waals surface area (Å²) in [6.07, 6.45) is 0.143. The molecule has 0 radical (unpaired) electrons. The summed E-state index contributed by atoms with van der Waals surface area (Å²) < 4.78 is 0. The van der Waals surface area contributed by atoms with Gasteiger partial charge in [0, 0.05) is 41.5 Å². The topological polar surface area (TPSA) is 78.5 Å². The zero-order valence-corrected chi connectivity index (χ0v) is 14.5. The van der Waals surface area contributed by atoms with Crippen molar-refractivity contribution in [3.63, 3.8) is 0 Å². The van der Waals surface area contributed by atoms with Gasteiger partial charge in [0.1, 0.15) is 0 Å². The molecule has 2 aromatic carbocycles. The van der Waals surface area contributed by atoms with Crippen molar-refractivity contribution < 1.29 is 14.4 Å². The number of hydrogen-bond acceptors (Lipinski definition) is 3. The fraction of sp³-hybridized carbons (Fsp3) is 0.211. The Kier molecular flexibility index (Phi) is 4.12. The highest BCUT2D eigenvalue weighted by Crippen LogP contribution is 2.28. The first-order chi connectivity index (χ1) is 12.5. The van der Waals surface area contributed by atoms with Crippen molar-refractivity contribution in [1.82, 2.24) is 5.32 Å². The number of nitrogens with one attached hydrogen (secondary N) is 2. The van der Waals surface area contributed by atoms with Crippen molar-refractivity contribution in [2.75, 3.05) is 16.8 Å². The van der Waals surface area contributed by atoms with Gasteiger partial charge >= 0.3 is 0 Å². The molecule has 132 valence electrons. The Morgan fingerprint density at radius 1 is 1.19 bits per heavy atom. The summed E-state index contributed by atoms with van der Waals surface area (Å²) in [7, 11) is 0. The molecule has 2 aliphatic rings. The zero-order valence-electron chi connectivity index (χ0n) is 13.8. The fourth-order valence-electron chi connectivity index (χ4n) is 3.31. The van der Waals surface area contributed by atoms with Crippen LogP contribution in [0.5, 0.6) is 0 Å². The minimum absolute atomic E-state index is 0.110.